The van der Waals surface area contributed by atoms with Gasteiger partial charge in [-0.05, 0) is 87.1 Å². The fourth-order valence-electron chi connectivity index (χ4n) is 4.69. The topological polar surface area (TPSA) is 74.6 Å². The number of nitrogens with zero attached hydrogens (tertiary/aromatic N) is 2. The van der Waals surface area contributed by atoms with E-state index in [1.165, 1.54) is 0 Å². The van der Waals surface area contributed by atoms with Crippen molar-refractivity contribution in [1.82, 2.24) is 14.9 Å². The van der Waals surface area contributed by atoms with Crippen LogP contribution in [0, 0.1) is 13.8 Å². The van der Waals surface area contributed by atoms with Crippen molar-refractivity contribution >= 4 is 16.9 Å². The Labute approximate surface area is 236 Å². The van der Waals surface area contributed by atoms with Crippen LogP contribution in [0.1, 0.15) is 48.3 Å². The van der Waals surface area contributed by atoms with Gasteiger partial charge in [0.25, 0.3) is 5.91 Å². The zero-order valence-corrected chi connectivity index (χ0v) is 23.9. The average molecular weight is 542 g/mol. The third-order valence-electron chi connectivity index (χ3n) is 6.79. The second-order valence-electron chi connectivity index (χ2n) is 9.99. The Morgan fingerprint density at radius 2 is 1.85 bits per heavy atom. The van der Waals surface area contributed by atoms with Gasteiger partial charge in [0.05, 0.1) is 30.8 Å². The molecule has 0 saturated carbocycles. The monoisotopic (exact) mass is 541 g/mol. The number of amides is 1. The van der Waals surface area contributed by atoms with Crippen LogP contribution < -0.4 is 19.5 Å². The lowest BCUT2D eigenvalue weighted by Gasteiger charge is -2.17. The molecular formula is C33H39N3O4. The number of carbonyl (C=O) groups is 1. The van der Waals surface area contributed by atoms with Gasteiger partial charge in [-0.2, -0.15) is 0 Å². The van der Waals surface area contributed by atoms with Crippen LogP contribution in [0.4, 0.5) is 0 Å². The number of unbranched alkanes of at least 4 members (excludes halogenated alkanes) is 1. The van der Waals surface area contributed by atoms with Crippen LogP contribution in [0.2, 0.25) is 0 Å². The predicted molar refractivity (Wildman–Crippen MR) is 159 cm³/mol. The van der Waals surface area contributed by atoms with Crippen molar-refractivity contribution in [1.29, 1.82) is 0 Å². The number of carbonyl (C=O) groups excluding carboxylic acids is 1. The molecule has 1 aromatic heterocycles. The van der Waals surface area contributed by atoms with Crippen LogP contribution in [-0.2, 0) is 17.8 Å². The number of ether oxygens (including phenoxy) is 3. The van der Waals surface area contributed by atoms with Gasteiger partial charge in [-0.25, -0.2) is 4.98 Å². The van der Waals surface area contributed by atoms with Gasteiger partial charge in [0.2, 0.25) is 0 Å². The molecule has 7 nitrogen and oxygen atoms in total. The second-order valence-corrected chi connectivity index (χ2v) is 9.99. The number of methoxy groups -OCH3 is 1. The summed E-state index contributed by atoms with van der Waals surface area (Å²) in [4.78, 5) is 17.6. The van der Waals surface area contributed by atoms with Gasteiger partial charge in [-0.1, -0.05) is 36.4 Å². The summed E-state index contributed by atoms with van der Waals surface area (Å²) in [5, 5.41) is 3.06. The normalized spacial score (nSPS) is 11.7. The van der Waals surface area contributed by atoms with Gasteiger partial charge in [0.15, 0.2) is 18.1 Å². The molecule has 0 bridgehead atoms. The first-order valence-electron chi connectivity index (χ1n) is 13.7. The summed E-state index contributed by atoms with van der Waals surface area (Å²) >= 11 is 0. The van der Waals surface area contributed by atoms with Gasteiger partial charge < -0.3 is 24.1 Å². The number of para-hydroxylation sites is 2. The number of nitrogens with one attached hydrogen (secondary N) is 1. The minimum atomic E-state index is -0.281. The number of aryl methyl sites for hydroxylation is 3. The summed E-state index contributed by atoms with van der Waals surface area (Å²) in [6.45, 7) is 11.0. The van der Waals surface area contributed by atoms with E-state index in [4.69, 9.17) is 19.2 Å². The fourth-order valence-corrected chi connectivity index (χ4v) is 4.69. The Kier molecular flexibility index (Phi) is 9.84. The molecule has 210 valence electrons. The standard InChI is InChI=1S/C33H39N3O4/c1-6-11-26-16-17-29(31(21-26)38-5)39-19-10-9-18-36-28-13-8-7-12-27(28)35-33(36)25(4)34-32(37)22-40-30-20-23(2)14-15-24(30)3/h6-8,12-17,20-21,25H,1,9-11,18-19,22H2,2-5H3,(H,34,37). The van der Waals surface area contributed by atoms with Crippen molar-refractivity contribution < 1.29 is 19.0 Å². The first-order valence-corrected chi connectivity index (χ1v) is 13.7. The lowest BCUT2D eigenvalue weighted by molar-refractivity contribution is -0.123. The average Bonchev–Trinajstić information content (AvgIpc) is 3.32. The summed E-state index contributed by atoms with van der Waals surface area (Å²) in [5.41, 5.74) is 5.18. The number of rotatable bonds is 14. The van der Waals surface area contributed by atoms with E-state index in [0.717, 1.165) is 76.6 Å². The Hall–Kier alpha value is -4.26. The first kappa shape index (κ1) is 28.7. The second kappa shape index (κ2) is 13.7. The van der Waals surface area contributed by atoms with Crippen LogP contribution in [-0.4, -0.2) is 35.8 Å². The molecule has 1 atom stereocenters. The quantitative estimate of drug-likeness (QED) is 0.146. The Morgan fingerprint density at radius 3 is 2.65 bits per heavy atom. The smallest absolute Gasteiger partial charge is 0.258 e. The zero-order valence-electron chi connectivity index (χ0n) is 23.9. The highest BCUT2D eigenvalue weighted by Crippen LogP contribution is 2.29. The molecule has 7 heteroatoms. The number of fused-ring (bicyclic) bond motifs is 1. The molecule has 0 fully saturated rings. The number of aromatic nitrogens is 2. The molecule has 0 spiro atoms. The Bertz CT molecular complexity index is 1460. The Balaban J connectivity index is 1.35. The molecule has 4 aromatic rings. The largest absolute Gasteiger partial charge is 0.493 e. The van der Waals surface area contributed by atoms with Crippen molar-refractivity contribution in [3.8, 4) is 17.2 Å². The van der Waals surface area contributed by atoms with Crippen molar-refractivity contribution in [3.63, 3.8) is 0 Å². The summed E-state index contributed by atoms with van der Waals surface area (Å²) in [7, 11) is 1.65. The van der Waals surface area contributed by atoms with Crippen LogP contribution in [0.25, 0.3) is 11.0 Å². The van der Waals surface area contributed by atoms with Crippen molar-refractivity contribution in [2.75, 3.05) is 20.3 Å². The van der Waals surface area contributed by atoms with Crippen molar-refractivity contribution in [3.05, 3.63) is 95.8 Å². The molecule has 0 aliphatic carbocycles. The lowest BCUT2D eigenvalue weighted by Crippen LogP contribution is -2.32. The molecule has 3 aromatic carbocycles. The molecule has 1 unspecified atom stereocenters. The molecule has 4 rings (SSSR count). The predicted octanol–water partition coefficient (Wildman–Crippen LogP) is 6.51. The minimum absolute atomic E-state index is 0.0514. The fraction of sp³-hybridized carbons (Fsp3) is 0.333. The molecule has 0 aliphatic rings. The third kappa shape index (κ3) is 7.23. The number of allylic oxidation sites excluding steroid dienone is 1. The van der Waals surface area contributed by atoms with Crippen LogP contribution >= 0.6 is 0 Å². The summed E-state index contributed by atoms with van der Waals surface area (Å²) in [6, 6.07) is 19.7. The molecule has 1 heterocycles. The van der Waals surface area contributed by atoms with E-state index in [1.807, 2.05) is 81.4 Å². The highest BCUT2D eigenvalue weighted by molar-refractivity contribution is 5.79. The highest BCUT2D eigenvalue weighted by atomic mass is 16.5. The molecule has 0 aliphatic heterocycles. The van der Waals surface area contributed by atoms with Gasteiger partial charge in [0.1, 0.15) is 11.6 Å². The van der Waals surface area contributed by atoms with E-state index in [0.29, 0.717) is 6.61 Å². The van der Waals surface area contributed by atoms with Crippen molar-refractivity contribution in [2.45, 2.75) is 52.6 Å². The van der Waals surface area contributed by atoms with Gasteiger partial charge in [0, 0.05) is 6.54 Å². The minimum Gasteiger partial charge on any atom is -0.493 e. The zero-order chi connectivity index (χ0) is 28.5. The molecule has 1 N–H and O–H groups in total. The van der Waals surface area contributed by atoms with Crippen LogP contribution in [0.3, 0.4) is 0 Å². The number of hydrogen-bond donors (Lipinski definition) is 1. The maximum absolute atomic E-state index is 12.8. The van der Waals surface area contributed by atoms with Crippen LogP contribution in [0.15, 0.2) is 73.3 Å². The van der Waals surface area contributed by atoms with Gasteiger partial charge in [-0.15, -0.1) is 6.58 Å². The lowest BCUT2D eigenvalue weighted by atomic mass is 10.1. The summed E-state index contributed by atoms with van der Waals surface area (Å²) in [5.74, 6) is 2.83. The van der Waals surface area contributed by atoms with Gasteiger partial charge in [-0.3, -0.25) is 4.79 Å². The van der Waals surface area contributed by atoms with Crippen LogP contribution in [0.5, 0.6) is 17.2 Å². The SMILES string of the molecule is C=CCc1ccc(OCCCCn2c(C(C)NC(=O)COc3cc(C)ccc3C)nc3ccccc32)c(OC)c1. The van der Waals surface area contributed by atoms with E-state index < -0.39 is 0 Å². The molecule has 0 saturated heterocycles. The van der Waals surface area contributed by atoms with Crippen molar-refractivity contribution in [2.24, 2.45) is 0 Å². The summed E-state index contributed by atoms with van der Waals surface area (Å²) < 4.78 is 19.5. The maximum Gasteiger partial charge on any atom is 0.258 e. The molecule has 1 amide bonds. The molecule has 40 heavy (non-hydrogen) atoms. The molecular weight excluding hydrogens is 502 g/mol. The van der Waals surface area contributed by atoms with E-state index in [2.05, 4.69) is 22.5 Å². The highest BCUT2D eigenvalue weighted by Gasteiger charge is 2.19. The van der Waals surface area contributed by atoms with Gasteiger partial charge >= 0.3 is 0 Å². The van der Waals surface area contributed by atoms with E-state index >= 15 is 0 Å². The number of hydrogen-bond acceptors (Lipinski definition) is 5. The summed E-state index contributed by atoms with van der Waals surface area (Å²) in [6.07, 6.45) is 4.40. The molecule has 0 radical (unpaired) electrons. The van der Waals surface area contributed by atoms with E-state index in [9.17, 15) is 4.79 Å². The number of imidazole rings is 1. The third-order valence-corrected chi connectivity index (χ3v) is 6.79. The first-order chi connectivity index (χ1) is 19.4. The number of benzene rings is 3. The maximum atomic E-state index is 12.8. The van der Waals surface area contributed by atoms with E-state index in [-0.39, 0.29) is 18.6 Å². The van der Waals surface area contributed by atoms with E-state index in [1.54, 1.807) is 7.11 Å². The Morgan fingerprint density at radius 1 is 1.02 bits per heavy atom.